The third-order valence-corrected chi connectivity index (χ3v) is 3.48. The van der Waals surface area contributed by atoms with Gasteiger partial charge in [-0.05, 0) is 32.0 Å². The normalized spacial score (nSPS) is 17.3. The van der Waals surface area contributed by atoms with Gasteiger partial charge in [0.05, 0.1) is 25.9 Å². The van der Waals surface area contributed by atoms with Crippen molar-refractivity contribution in [2.45, 2.75) is 20.0 Å². The summed E-state index contributed by atoms with van der Waals surface area (Å²) < 4.78 is 16.6. The molecule has 1 heterocycles. The van der Waals surface area contributed by atoms with E-state index in [2.05, 4.69) is 0 Å². The van der Waals surface area contributed by atoms with Crippen molar-refractivity contribution in [3.63, 3.8) is 0 Å². The minimum atomic E-state index is -0.0910. The second-order valence-corrected chi connectivity index (χ2v) is 5.01. The number of carbonyl (C=O) groups is 1. The number of ether oxygens (including phenoxy) is 3. The first kappa shape index (κ1) is 19.5. The average molecular weight is 345 g/mol. The molecule has 2 N–H and O–H groups in total. The van der Waals surface area contributed by atoms with Crippen molar-refractivity contribution < 1.29 is 19.0 Å². The summed E-state index contributed by atoms with van der Waals surface area (Å²) in [6.45, 7) is 6.91. The van der Waals surface area contributed by atoms with Crippen LogP contribution in [0.5, 0.6) is 11.5 Å². The zero-order valence-corrected chi connectivity index (χ0v) is 14.4. The van der Waals surface area contributed by atoms with Crippen LogP contribution in [0.2, 0.25) is 0 Å². The number of hydrogen-bond donors (Lipinski definition) is 1. The maximum Gasteiger partial charge on any atom is 0.254 e. The van der Waals surface area contributed by atoms with Crippen LogP contribution < -0.4 is 15.2 Å². The zero-order chi connectivity index (χ0) is 15.9. The van der Waals surface area contributed by atoms with Crippen LogP contribution in [-0.4, -0.2) is 56.4 Å². The predicted octanol–water partition coefficient (Wildman–Crippen LogP) is 1.71. The molecular weight excluding hydrogens is 320 g/mol. The topological polar surface area (TPSA) is 74.0 Å². The van der Waals surface area contributed by atoms with Crippen LogP contribution in [0, 0.1) is 0 Å². The molecule has 0 bridgehead atoms. The summed E-state index contributed by atoms with van der Waals surface area (Å²) >= 11 is 0. The number of nitrogens with two attached hydrogens (primary N) is 1. The molecule has 7 heteroatoms. The number of rotatable bonds is 6. The van der Waals surface area contributed by atoms with E-state index in [-0.39, 0.29) is 24.4 Å². The number of halogens is 1. The second-order valence-electron chi connectivity index (χ2n) is 5.01. The van der Waals surface area contributed by atoms with Crippen LogP contribution >= 0.6 is 12.4 Å². The van der Waals surface area contributed by atoms with Crippen molar-refractivity contribution in [2.24, 2.45) is 5.73 Å². The lowest BCUT2D eigenvalue weighted by Gasteiger charge is -2.32. The summed E-state index contributed by atoms with van der Waals surface area (Å²) in [7, 11) is 0. The fourth-order valence-corrected chi connectivity index (χ4v) is 2.41. The van der Waals surface area contributed by atoms with E-state index >= 15 is 0 Å². The molecule has 1 aliphatic heterocycles. The summed E-state index contributed by atoms with van der Waals surface area (Å²) in [5.74, 6) is 1.22. The first-order chi connectivity index (χ1) is 10.7. The number of carbonyl (C=O) groups excluding carboxylic acids is 1. The second kappa shape index (κ2) is 9.60. The average Bonchev–Trinajstić information content (AvgIpc) is 2.56. The Hall–Kier alpha value is -1.50. The van der Waals surface area contributed by atoms with Gasteiger partial charge in [0.1, 0.15) is 0 Å². The summed E-state index contributed by atoms with van der Waals surface area (Å²) in [6.07, 6.45) is -0.0910. The van der Waals surface area contributed by atoms with Gasteiger partial charge in [0, 0.05) is 25.2 Å². The lowest BCUT2D eigenvalue weighted by atomic mass is 10.1. The van der Waals surface area contributed by atoms with Gasteiger partial charge in [-0.2, -0.15) is 0 Å². The fourth-order valence-electron chi connectivity index (χ4n) is 2.41. The van der Waals surface area contributed by atoms with E-state index in [1.807, 2.05) is 13.8 Å². The van der Waals surface area contributed by atoms with Gasteiger partial charge in [-0.25, -0.2) is 0 Å². The Morgan fingerprint density at radius 2 is 2.00 bits per heavy atom. The van der Waals surface area contributed by atoms with Crippen LogP contribution in [0.25, 0.3) is 0 Å². The molecule has 23 heavy (non-hydrogen) atoms. The van der Waals surface area contributed by atoms with Gasteiger partial charge < -0.3 is 24.8 Å². The summed E-state index contributed by atoms with van der Waals surface area (Å²) in [6, 6.07) is 5.29. The highest BCUT2D eigenvalue weighted by molar-refractivity contribution is 5.95. The quantitative estimate of drug-likeness (QED) is 0.850. The maximum atomic E-state index is 12.6. The Kier molecular flexibility index (Phi) is 8.16. The SMILES string of the molecule is CCOc1ccc(C(=O)N2CCOC(CN)C2)cc1OCC.Cl. The van der Waals surface area contributed by atoms with Gasteiger partial charge in [0.25, 0.3) is 5.91 Å². The molecule has 0 radical (unpaired) electrons. The molecule has 1 amide bonds. The van der Waals surface area contributed by atoms with E-state index in [0.29, 0.717) is 56.5 Å². The van der Waals surface area contributed by atoms with Crippen molar-refractivity contribution in [1.82, 2.24) is 4.90 Å². The highest BCUT2D eigenvalue weighted by Crippen LogP contribution is 2.29. The Balaban J connectivity index is 0.00000264. The number of morpholine rings is 1. The number of benzene rings is 1. The molecule has 1 aromatic rings. The highest BCUT2D eigenvalue weighted by atomic mass is 35.5. The van der Waals surface area contributed by atoms with Crippen LogP contribution in [0.1, 0.15) is 24.2 Å². The van der Waals surface area contributed by atoms with Crippen LogP contribution in [0.3, 0.4) is 0 Å². The van der Waals surface area contributed by atoms with E-state index in [1.165, 1.54) is 0 Å². The number of amides is 1. The van der Waals surface area contributed by atoms with E-state index in [1.54, 1.807) is 23.1 Å². The van der Waals surface area contributed by atoms with Gasteiger partial charge in [0.15, 0.2) is 11.5 Å². The molecule has 1 saturated heterocycles. The number of nitrogens with zero attached hydrogens (tertiary/aromatic N) is 1. The first-order valence-corrected chi connectivity index (χ1v) is 7.70. The summed E-state index contributed by atoms with van der Waals surface area (Å²) in [5.41, 5.74) is 6.21. The summed E-state index contributed by atoms with van der Waals surface area (Å²) in [5, 5.41) is 0. The molecule has 130 valence electrons. The molecular formula is C16H25ClN2O4. The zero-order valence-electron chi connectivity index (χ0n) is 13.6. The monoisotopic (exact) mass is 344 g/mol. The maximum absolute atomic E-state index is 12.6. The van der Waals surface area contributed by atoms with Gasteiger partial charge in [-0.3, -0.25) is 4.79 Å². The lowest BCUT2D eigenvalue weighted by Crippen LogP contribution is -2.48. The lowest BCUT2D eigenvalue weighted by molar-refractivity contribution is -0.0167. The van der Waals surface area contributed by atoms with Crippen LogP contribution in [0.15, 0.2) is 18.2 Å². The first-order valence-electron chi connectivity index (χ1n) is 7.70. The van der Waals surface area contributed by atoms with Crippen molar-refractivity contribution in [2.75, 3.05) is 39.5 Å². The van der Waals surface area contributed by atoms with Crippen LogP contribution in [-0.2, 0) is 4.74 Å². The Bertz CT molecular complexity index is 513. The van der Waals surface area contributed by atoms with Gasteiger partial charge in [0.2, 0.25) is 0 Å². The molecule has 0 spiro atoms. The Labute approximate surface area is 143 Å². The third-order valence-electron chi connectivity index (χ3n) is 3.48. The van der Waals surface area contributed by atoms with Gasteiger partial charge in [-0.15, -0.1) is 12.4 Å². The van der Waals surface area contributed by atoms with Crippen LogP contribution in [0.4, 0.5) is 0 Å². The van der Waals surface area contributed by atoms with Crippen molar-refractivity contribution in [3.05, 3.63) is 23.8 Å². The van der Waals surface area contributed by atoms with Crippen molar-refractivity contribution in [3.8, 4) is 11.5 Å². The van der Waals surface area contributed by atoms with Crippen molar-refractivity contribution in [1.29, 1.82) is 0 Å². The molecule has 1 aromatic carbocycles. The van der Waals surface area contributed by atoms with E-state index < -0.39 is 0 Å². The van der Waals surface area contributed by atoms with Gasteiger partial charge in [-0.1, -0.05) is 0 Å². The van der Waals surface area contributed by atoms with Gasteiger partial charge >= 0.3 is 0 Å². The largest absolute Gasteiger partial charge is 0.490 e. The number of hydrogen-bond acceptors (Lipinski definition) is 5. The highest BCUT2D eigenvalue weighted by Gasteiger charge is 2.24. The standard InChI is InChI=1S/C16H24N2O4.ClH/c1-3-20-14-6-5-12(9-15(14)21-4-2)16(19)18-7-8-22-13(10-17)11-18;/h5-6,9,13H,3-4,7-8,10-11,17H2,1-2H3;1H. The molecule has 0 saturated carbocycles. The fraction of sp³-hybridized carbons (Fsp3) is 0.562. The molecule has 0 aromatic heterocycles. The molecule has 1 aliphatic rings. The Morgan fingerprint density at radius 3 is 2.65 bits per heavy atom. The van der Waals surface area contributed by atoms with Crippen molar-refractivity contribution >= 4 is 18.3 Å². The van der Waals surface area contributed by atoms with E-state index in [9.17, 15) is 4.79 Å². The Morgan fingerprint density at radius 1 is 1.30 bits per heavy atom. The summed E-state index contributed by atoms with van der Waals surface area (Å²) in [4.78, 5) is 14.4. The minimum absolute atomic E-state index is 0. The van der Waals surface area contributed by atoms with E-state index in [0.717, 1.165) is 0 Å². The molecule has 1 atom stereocenters. The molecule has 0 aliphatic carbocycles. The third kappa shape index (κ3) is 4.99. The molecule has 1 unspecified atom stereocenters. The minimum Gasteiger partial charge on any atom is -0.490 e. The smallest absolute Gasteiger partial charge is 0.254 e. The molecule has 6 nitrogen and oxygen atoms in total. The molecule has 1 fully saturated rings. The van der Waals surface area contributed by atoms with E-state index in [4.69, 9.17) is 19.9 Å². The molecule has 2 rings (SSSR count). The predicted molar refractivity (Wildman–Crippen MR) is 90.7 cm³/mol.